The quantitative estimate of drug-likeness (QED) is 0.613. The summed E-state index contributed by atoms with van der Waals surface area (Å²) in [6.45, 7) is 2.06. The fourth-order valence-corrected chi connectivity index (χ4v) is 1.54. The smallest absolute Gasteiger partial charge is 0.110 e. The van der Waals surface area contributed by atoms with Crippen LogP contribution in [0, 0.1) is 0 Å². The highest BCUT2D eigenvalue weighted by atomic mass is 16.5. The first kappa shape index (κ1) is 12.5. The maximum atomic E-state index is 9.38. The normalized spacial score (nSPS) is 22.4. The third-order valence-corrected chi connectivity index (χ3v) is 2.41. The minimum Gasteiger partial charge on any atom is -0.497 e. The molecule has 2 N–H and O–H groups in total. The van der Waals surface area contributed by atoms with E-state index in [9.17, 15) is 5.11 Å². The van der Waals surface area contributed by atoms with Crippen LogP contribution in [0.5, 0.6) is 0 Å². The number of ether oxygens (including phenoxy) is 2. The average molecular weight is 215 g/mol. The van der Waals surface area contributed by atoms with Crippen molar-refractivity contribution >= 4 is 0 Å². The zero-order valence-corrected chi connectivity index (χ0v) is 9.32. The molecule has 0 aromatic carbocycles. The Kier molecular flexibility index (Phi) is 6.39. The lowest BCUT2D eigenvalue weighted by Gasteiger charge is -2.20. The molecule has 1 aliphatic rings. The van der Waals surface area contributed by atoms with Crippen molar-refractivity contribution in [2.24, 2.45) is 0 Å². The number of rotatable bonds is 7. The highest BCUT2D eigenvalue weighted by Gasteiger charge is 2.10. The second-order valence-corrected chi connectivity index (χ2v) is 3.81. The van der Waals surface area contributed by atoms with Gasteiger partial charge in [-0.2, -0.15) is 0 Å². The fraction of sp³-hybridized carbons (Fsp3) is 0.818. The summed E-state index contributed by atoms with van der Waals surface area (Å²) in [4.78, 5) is 0. The van der Waals surface area contributed by atoms with E-state index in [1.807, 2.05) is 6.08 Å². The van der Waals surface area contributed by atoms with Crippen LogP contribution in [0.25, 0.3) is 0 Å². The Bertz CT molecular complexity index is 185. The van der Waals surface area contributed by atoms with E-state index in [1.165, 1.54) is 0 Å². The second-order valence-electron chi connectivity index (χ2n) is 3.81. The molecule has 0 aromatic heterocycles. The Morgan fingerprint density at radius 2 is 2.53 bits per heavy atom. The number of allylic oxidation sites excluding steroid dienone is 1. The van der Waals surface area contributed by atoms with E-state index in [1.54, 1.807) is 13.4 Å². The first-order valence-electron chi connectivity index (χ1n) is 5.51. The van der Waals surface area contributed by atoms with Gasteiger partial charge in [0.05, 0.1) is 19.0 Å². The van der Waals surface area contributed by atoms with Crippen molar-refractivity contribution in [2.45, 2.75) is 31.5 Å². The highest BCUT2D eigenvalue weighted by molar-refractivity contribution is 4.82. The number of hydrogen-bond donors (Lipinski definition) is 2. The van der Waals surface area contributed by atoms with E-state index < -0.39 is 0 Å². The van der Waals surface area contributed by atoms with Gasteiger partial charge >= 0.3 is 0 Å². The molecule has 0 spiro atoms. The zero-order chi connectivity index (χ0) is 10.9. The van der Waals surface area contributed by atoms with Crippen LogP contribution in [0.15, 0.2) is 12.3 Å². The summed E-state index contributed by atoms with van der Waals surface area (Å²) < 4.78 is 10.2. The Morgan fingerprint density at radius 1 is 1.67 bits per heavy atom. The van der Waals surface area contributed by atoms with Crippen LogP contribution in [-0.4, -0.2) is 44.1 Å². The molecule has 0 aromatic rings. The third-order valence-electron chi connectivity index (χ3n) is 2.41. The molecule has 4 nitrogen and oxygen atoms in total. The fourth-order valence-electron chi connectivity index (χ4n) is 1.54. The van der Waals surface area contributed by atoms with Gasteiger partial charge in [0.15, 0.2) is 0 Å². The Morgan fingerprint density at radius 3 is 3.20 bits per heavy atom. The van der Waals surface area contributed by atoms with Crippen molar-refractivity contribution in [1.29, 1.82) is 0 Å². The van der Waals surface area contributed by atoms with E-state index >= 15 is 0 Å². The van der Waals surface area contributed by atoms with E-state index in [0.717, 1.165) is 32.4 Å². The molecular weight excluding hydrogens is 194 g/mol. The first-order valence-corrected chi connectivity index (χ1v) is 5.51. The number of aliphatic hydroxyl groups excluding tert-OH is 1. The minimum atomic E-state index is -0.366. The molecule has 4 heteroatoms. The molecule has 0 saturated carbocycles. The van der Waals surface area contributed by atoms with E-state index in [4.69, 9.17) is 9.47 Å². The minimum absolute atomic E-state index is 0.287. The lowest BCUT2D eigenvalue weighted by atomic mass is 10.1. The van der Waals surface area contributed by atoms with Gasteiger partial charge in [0, 0.05) is 13.7 Å². The summed E-state index contributed by atoms with van der Waals surface area (Å²) in [6.07, 6.45) is 6.62. The standard InChI is InChI=1S/C11H21NO3/c1-14-9-10(13)5-6-12-8-11-4-2-3-7-15-11/h3,7,10-13H,2,4-6,8-9H2,1H3. The third kappa shape index (κ3) is 5.77. The van der Waals surface area contributed by atoms with Crippen molar-refractivity contribution in [3.8, 4) is 0 Å². The maximum absolute atomic E-state index is 9.38. The molecular formula is C11H21NO3. The molecule has 0 saturated heterocycles. The SMILES string of the molecule is COCC(O)CCNCC1CCC=CO1. The summed E-state index contributed by atoms with van der Waals surface area (Å²) in [5, 5.41) is 12.6. The van der Waals surface area contributed by atoms with Gasteiger partial charge in [0.1, 0.15) is 6.10 Å². The molecule has 0 fully saturated rings. The van der Waals surface area contributed by atoms with Gasteiger partial charge in [-0.25, -0.2) is 0 Å². The van der Waals surface area contributed by atoms with Crippen LogP contribution < -0.4 is 5.32 Å². The molecule has 0 bridgehead atoms. The molecule has 15 heavy (non-hydrogen) atoms. The van der Waals surface area contributed by atoms with Gasteiger partial charge < -0.3 is 19.9 Å². The van der Waals surface area contributed by atoms with Crippen molar-refractivity contribution in [3.63, 3.8) is 0 Å². The second kappa shape index (κ2) is 7.68. The molecule has 2 unspecified atom stereocenters. The van der Waals surface area contributed by atoms with Gasteiger partial charge in [0.25, 0.3) is 0 Å². The summed E-state index contributed by atoms with van der Waals surface area (Å²) in [5.74, 6) is 0. The summed E-state index contributed by atoms with van der Waals surface area (Å²) in [5.41, 5.74) is 0. The zero-order valence-electron chi connectivity index (χ0n) is 9.32. The number of hydrogen-bond acceptors (Lipinski definition) is 4. The van der Waals surface area contributed by atoms with Crippen LogP contribution >= 0.6 is 0 Å². The summed E-state index contributed by atoms with van der Waals surface area (Å²) in [6, 6.07) is 0. The van der Waals surface area contributed by atoms with Crippen LogP contribution in [-0.2, 0) is 9.47 Å². The van der Waals surface area contributed by atoms with Crippen LogP contribution in [0.1, 0.15) is 19.3 Å². The molecule has 1 aliphatic heterocycles. The number of nitrogens with one attached hydrogen (secondary N) is 1. The van der Waals surface area contributed by atoms with Crippen LogP contribution in [0.2, 0.25) is 0 Å². The van der Waals surface area contributed by atoms with Gasteiger partial charge in [0.2, 0.25) is 0 Å². The van der Waals surface area contributed by atoms with Crippen LogP contribution in [0.3, 0.4) is 0 Å². The molecule has 0 amide bonds. The summed E-state index contributed by atoms with van der Waals surface area (Å²) in [7, 11) is 1.60. The molecule has 0 radical (unpaired) electrons. The molecule has 1 rings (SSSR count). The molecule has 1 heterocycles. The van der Waals surface area contributed by atoms with E-state index in [2.05, 4.69) is 5.32 Å². The first-order chi connectivity index (χ1) is 7.33. The number of methoxy groups -OCH3 is 1. The van der Waals surface area contributed by atoms with Gasteiger partial charge in [-0.15, -0.1) is 0 Å². The Balaban J connectivity index is 1.94. The molecule has 2 atom stereocenters. The monoisotopic (exact) mass is 215 g/mol. The lowest BCUT2D eigenvalue weighted by Crippen LogP contribution is -2.31. The maximum Gasteiger partial charge on any atom is 0.110 e. The topological polar surface area (TPSA) is 50.7 Å². The van der Waals surface area contributed by atoms with Gasteiger partial charge in [-0.05, 0) is 31.9 Å². The van der Waals surface area contributed by atoms with Crippen LogP contribution in [0.4, 0.5) is 0 Å². The highest BCUT2D eigenvalue weighted by Crippen LogP contribution is 2.08. The van der Waals surface area contributed by atoms with Crippen molar-refractivity contribution in [3.05, 3.63) is 12.3 Å². The summed E-state index contributed by atoms with van der Waals surface area (Å²) >= 11 is 0. The molecule has 88 valence electrons. The van der Waals surface area contributed by atoms with E-state index in [0.29, 0.717) is 6.61 Å². The van der Waals surface area contributed by atoms with Gasteiger partial charge in [-0.1, -0.05) is 0 Å². The predicted molar refractivity (Wildman–Crippen MR) is 58.6 cm³/mol. The van der Waals surface area contributed by atoms with E-state index in [-0.39, 0.29) is 12.2 Å². The van der Waals surface area contributed by atoms with Gasteiger partial charge in [-0.3, -0.25) is 0 Å². The van der Waals surface area contributed by atoms with Crippen molar-refractivity contribution < 1.29 is 14.6 Å². The predicted octanol–water partition coefficient (Wildman–Crippen LogP) is 0.666. The average Bonchev–Trinajstić information content (AvgIpc) is 2.26. The molecule has 0 aliphatic carbocycles. The van der Waals surface area contributed by atoms with Crippen molar-refractivity contribution in [2.75, 3.05) is 26.8 Å². The van der Waals surface area contributed by atoms with Crippen molar-refractivity contribution in [1.82, 2.24) is 5.32 Å². The number of aliphatic hydroxyl groups is 1. The largest absolute Gasteiger partial charge is 0.497 e. The Hall–Kier alpha value is -0.580. The lowest BCUT2D eigenvalue weighted by molar-refractivity contribution is 0.0581. The Labute approximate surface area is 91.3 Å².